The fourth-order valence-corrected chi connectivity index (χ4v) is 2.76. The number of unbranched alkanes of at least 4 members (excludes halogenated alkanes) is 1. The van der Waals surface area contributed by atoms with Crippen LogP contribution >= 0.6 is 0 Å². The highest BCUT2D eigenvalue weighted by Crippen LogP contribution is 2.03. The molecule has 0 spiro atoms. The molecule has 0 unspecified atom stereocenters. The van der Waals surface area contributed by atoms with Gasteiger partial charge in [-0.2, -0.15) is 0 Å². The van der Waals surface area contributed by atoms with Crippen LogP contribution in [0.3, 0.4) is 0 Å². The van der Waals surface area contributed by atoms with Gasteiger partial charge in [0.05, 0.1) is 18.3 Å². The number of sulfone groups is 1. The van der Waals surface area contributed by atoms with Crippen molar-refractivity contribution in [3.05, 3.63) is 29.8 Å². The maximum Gasteiger partial charge on any atom is 0.246 e. The van der Waals surface area contributed by atoms with Gasteiger partial charge in [0, 0.05) is 38.0 Å². The van der Waals surface area contributed by atoms with Crippen LogP contribution in [0.5, 0.6) is 0 Å². The van der Waals surface area contributed by atoms with Crippen molar-refractivity contribution in [3.63, 3.8) is 0 Å². The predicted molar refractivity (Wildman–Crippen MR) is 107 cm³/mol. The summed E-state index contributed by atoms with van der Waals surface area (Å²) in [4.78, 5) is 19.5. The van der Waals surface area contributed by atoms with E-state index in [2.05, 4.69) is 51.3 Å². The SMILES string of the molecule is CC(C)CCn1cc(CNC(=O)CCCC#Cc2cnc(S(C)(=O)=O)nc2)nn1. The molecule has 1 N–H and O–H groups in total. The van der Waals surface area contributed by atoms with Crippen molar-refractivity contribution in [2.24, 2.45) is 5.92 Å². The van der Waals surface area contributed by atoms with Crippen LogP contribution in [0.25, 0.3) is 0 Å². The topological polar surface area (TPSA) is 120 Å². The molecule has 0 fully saturated rings. The van der Waals surface area contributed by atoms with Gasteiger partial charge in [0.1, 0.15) is 5.69 Å². The first kappa shape index (κ1) is 22.5. The summed E-state index contributed by atoms with van der Waals surface area (Å²) in [7, 11) is -3.41. The largest absolute Gasteiger partial charge is 0.350 e. The number of rotatable bonds is 9. The molecule has 0 radical (unpaired) electrons. The molecule has 29 heavy (non-hydrogen) atoms. The van der Waals surface area contributed by atoms with E-state index in [-0.39, 0.29) is 11.1 Å². The van der Waals surface area contributed by atoms with Crippen LogP contribution in [0.1, 0.15) is 50.8 Å². The molecule has 0 aromatic carbocycles. The van der Waals surface area contributed by atoms with Crippen molar-refractivity contribution >= 4 is 15.7 Å². The number of nitrogens with one attached hydrogen (secondary N) is 1. The highest BCUT2D eigenvalue weighted by atomic mass is 32.2. The minimum absolute atomic E-state index is 0.0654. The Morgan fingerprint density at radius 1 is 1.28 bits per heavy atom. The van der Waals surface area contributed by atoms with Crippen molar-refractivity contribution in [1.82, 2.24) is 30.3 Å². The van der Waals surface area contributed by atoms with Crippen LogP contribution in [0.15, 0.2) is 23.7 Å². The van der Waals surface area contributed by atoms with E-state index >= 15 is 0 Å². The number of aryl methyl sites for hydroxylation is 1. The van der Waals surface area contributed by atoms with Gasteiger partial charge in [-0.3, -0.25) is 9.48 Å². The van der Waals surface area contributed by atoms with Crippen LogP contribution < -0.4 is 5.32 Å². The molecule has 0 aliphatic rings. The van der Waals surface area contributed by atoms with Crippen molar-refractivity contribution < 1.29 is 13.2 Å². The molecule has 2 rings (SSSR count). The standard InChI is InChI=1S/C19H26N6O3S/c1-15(2)9-10-25-14-17(23-24-25)13-20-18(26)8-6-4-5-7-16-11-21-19(22-12-16)29(3,27)28/h11-12,14-15H,4,6,8-10,13H2,1-3H3,(H,20,26). The Morgan fingerprint density at radius 2 is 2.00 bits per heavy atom. The van der Waals surface area contributed by atoms with Crippen molar-refractivity contribution in [1.29, 1.82) is 0 Å². The Hall–Kier alpha value is -2.80. The average Bonchev–Trinajstić information content (AvgIpc) is 3.12. The molecule has 2 aromatic rings. The van der Waals surface area contributed by atoms with Gasteiger partial charge in [-0.25, -0.2) is 18.4 Å². The molecule has 9 nitrogen and oxygen atoms in total. The van der Waals surface area contributed by atoms with Crippen molar-refractivity contribution in [2.75, 3.05) is 6.26 Å². The second kappa shape index (κ2) is 10.7. The third-order valence-corrected chi connectivity index (χ3v) is 4.76. The third kappa shape index (κ3) is 8.39. The van der Waals surface area contributed by atoms with Crippen LogP contribution in [-0.2, 0) is 27.7 Å². The lowest BCUT2D eigenvalue weighted by atomic mass is 10.1. The highest BCUT2D eigenvalue weighted by molar-refractivity contribution is 7.90. The molecule has 156 valence electrons. The van der Waals surface area contributed by atoms with E-state index < -0.39 is 9.84 Å². The van der Waals surface area contributed by atoms with Gasteiger partial charge >= 0.3 is 0 Å². The number of carbonyl (C=O) groups excluding carboxylic acids is 1. The molecule has 0 saturated heterocycles. The monoisotopic (exact) mass is 418 g/mol. The summed E-state index contributed by atoms with van der Waals surface area (Å²) in [5.74, 6) is 6.32. The summed E-state index contributed by atoms with van der Waals surface area (Å²) in [6.07, 6.45) is 8.19. The number of amides is 1. The molecule has 0 atom stereocenters. The summed E-state index contributed by atoms with van der Waals surface area (Å²) in [5, 5.41) is 10.7. The molecular formula is C19H26N6O3S. The summed E-state index contributed by atoms with van der Waals surface area (Å²) < 4.78 is 24.4. The zero-order valence-corrected chi connectivity index (χ0v) is 17.7. The summed E-state index contributed by atoms with van der Waals surface area (Å²) >= 11 is 0. The van der Waals surface area contributed by atoms with Crippen LogP contribution in [-0.4, -0.2) is 45.5 Å². The Morgan fingerprint density at radius 3 is 2.66 bits per heavy atom. The van der Waals surface area contributed by atoms with Gasteiger partial charge in [-0.05, 0) is 18.8 Å². The first-order chi connectivity index (χ1) is 13.7. The number of aromatic nitrogens is 5. The number of hydrogen-bond donors (Lipinski definition) is 1. The van der Waals surface area contributed by atoms with Crippen molar-refractivity contribution in [2.45, 2.75) is 57.8 Å². The summed E-state index contributed by atoms with van der Waals surface area (Å²) in [6.45, 7) is 5.49. The third-order valence-electron chi connectivity index (χ3n) is 3.89. The predicted octanol–water partition coefficient (Wildman–Crippen LogP) is 1.36. The average molecular weight is 419 g/mol. The number of carbonyl (C=O) groups is 1. The van der Waals surface area contributed by atoms with E-state index in [1.807, 2.05) is 6.20 Å². The molecular weight excluding hydrogens is 392 g/mol. The second-order valence-electron chi connectivity index (χ2n) is 7.11. The zero-order chi connectivity index (χ0) is 21.3. The van der Waals surface area contributed by atoms with E-state index in [1.54, 1.807) is 4.68 Å². The normalized spacial score (nSPS) is 11.2. The van der Waals surface area contributed by atoms with E-state index in [0.717, 1.165) is 24.9 Å². The Kier molecular flexibility index (Phi) is 8.27. The quantitative estimate of drug-likeness (QED) is 0.371. The van der Waals surface area contributed by atoms with Gasteiger partial charge < -0.3 is 5.32 Å². The molecule has 2 aromatic heterocycles. The molecule has 0 aliphatic carbocycles. The van der Waals surface area contributed by atoms with Gasteiger partial charge in [0.2, 0.25) is 20.9 Å². The van der Waals surface area contributed by atoms with Gasteiger partial charge in [-0.1, -0.05) is 30.9 Å². The van der Waals surface area contributed by atoms with Crippen LogP contribution in [0.2, 0.25) is 0 Å². The van der Waals surface area contributed by atoms with E-state index in [9.17, 15) is 13.2 Å². The van der Waals surface area contributed by atoms with E-state index in [4.69, 9.17) is 0 Å². The molecule has 1 amide bonds. The Bertz CT molecular complexity index is 971. The minimum Gasteiger partial charge on any atom is -0.350 e. The summed E-state index contributed by atoms with van der Waals surface area (Å²) in [5.41, 5.74) is 1.27. The van der Waals surface area contributed by atoms with Crippen LogP contribution in [0, 0.1) is 17.8 Å². The van der Waals surface area contributed by atoms with Gasteiger partial charge in [0.25, 0.3) is 0 Å². The van der Waals surface area contributed by atoms with Gasteiger partial charge in [0.15, 0.2) is 0 Å². The fourth-order valence-electron chi connectivity index (χ4n) is 2.27. The molecule has 0 aliphatic heterocycles. The van der Waals surface area contributed by atoms with E-state index in [1.165, 1.54) is 12.4 Å². The lowest BCUT2D eigenvalue weighted by molar-refractivity contribution is -0.121. The lowest BCUT2D eigenvalue weighted by Gasteiger charge is -2.03. The lowest BCUT2D eigenvalue weighted by Crippen LogP contribution is -2.22. The maximum absolute atomic E-state index is 11.9. The first-order valence-corrected chi connectivity index (χ1v) is 11.3. The fraction of sp³-hybridized carbons (Fsp3) is 0.526. The molecule has 10 heteroatoms. The highest BCUT2D eigenvalue weighted by Gasteiger charge is 2.09. The molecule has 2 heterocycles. The van der Waals surface area contributed by atoms with Crippen LogP contribution in [0.4, 0.5) is 0 Å². The molecule has 0 bridgehead atoms. The Balaban J connectivity index is 1.67. The maximum atomic E-state index is 11.9. The minimum atomic E-state index is -3.41. The van der Waals surface area contributed by atoms with E-state index in [0.29, 0.717) is 37.3 Å². The van der Waals surface area contributed by atoms with Gasteiger partial charge in [-0.15, -0.1) is 5.10 Å². The number of hydrogen-bond acceptors (Lipinski definition) is 7. The van der Waals surface area contributed by atoms with Crippen molar-refractivity contribution in [3.8, 4) is 11.8 Å². The molecule has 0 saturated carbocycles. The summed E-state index contributed by atoms with van der Waals surface area (Å²) in [6, 6.07) is 0. The first-order valence-electron chi connectivity index (χ1n) is 9.40. The smallest absolute Gasteiger partial charge is 0.246 e. The second-order valence-corrected chi connectivity index (χ2v) is 9.02. The number of nitrogens with zero attached hydrogens (tertiary/aromatic N) is 5. The Labute approximate surface area is 171 Å². The zero-order valence-electron chi connectivity index (χ0n) is 16.9.